The summed E-state index contributed by atoms with van der Waals surface area (Å²) in [6.45, 7) is -7.27. The smallest absolute Gasteiger partial charge is 0.306 e. The zero-order valence-electron chi connectivity index (χ0n) is 46.4. The van der Waals surface area contributed by atoms with Crippen molar-refractivity contribution < 1.29 is 178 Å². The molecule has 21 saturated heterocycles. The second-order valence-electron chi connectivity index (χ2n) is 22.4. The van der Waals surface area contributed by atoms with E-state index in [2.05, 4.69) is 0 Å². The fourth-order valence-corrected chi connectivity index (χ4v) is 11.6. The Balaban J connectivity index is 1.01. The van der Waals surface area contributed by atoms with Gasteiger partial charge in [0.15, 0.2) is 44.0 Å². The van der Waals surface area contributed by atoms with E-state index in [1.54, 1.807) is 24.3 Å². The SMILES string of the molecule is Nc1ccc(CCC(=O)OC[C@H]2O[C@@H]3O[C@H]4[C@H](O)[C@@H](O)[C@@H](O[C@H]5[C@H](O)[C@@H](O)[C@@H](O[C@H]6[C@H](O)[C@@H](O)[C@@H](O[C@H]7[C@H](O)[C@@H](O)[C@@H](O[C@H]8[C@H](O)[C@@H](O)[C@@H](O[C@H]9[C@H](O)[C@@H](O)[C@@H](O[C@H]2[C@H](O)[C@H]3O)O[C@@H]9CO)O[C@@H]8CO)O[C@@H]7CO)O[C@@H]6CO)O[C@@H]5CO)O[C@@H]4CO)cc1. The van der Waals surface area contributed by atoms with E-state index in [1.165, 1.54) is 0 Å². The molecule has 0 saturated carbocycles. The van der Waals surface area contributed by atoms with E-state index in [0.717, 1.165) is 0 Å². The van der Waals surface area contributed by atoms with E-state index in [9.17, 15) is 107 Å². The van der Waals surface area contributed by atoms with E-state index in [0.29, 0.717) is 11.3 Å². The molecule has 1 aromatic carbocycles. The summed E-state index contributed by atoms with van der Waals surface area (Å²) >= 11 is 0. The standard InChI is InChI=1S/C51H79NO36/c52-15-4-1-14(2-5-15)3-6-23(59)74-13-22-44-30(66)37(73)51(81-22)87-43-21(12-58)79-49(35(71)28(43)64)85-41-19(10-56)77-47(33(69)26(41)62)83-39-17(8-54)75-45(31(67)24(39)60)82-38-16(7-53)76-46(32(68)25(38)61)84-40-18(9-55)78-48(34(70)27(40)63)86-42-20(11-57)80-50(88-44)36(72)29(42)65/h1-2,4-5,16-22,24-51,53-58,60-73H,3,6-13,52H2/t16-,17-,18-,19-,20-,21-,22-,24-,25-,26-,27-,28-,29-,30-,31-,32-,33-,34-,35-,36-,37-,38-,39-,40-,41-,42-,43-,44-,45-,46-,47-,48-,49-,50-,51-/m1/s1. The molecule has 37 nitrogen and oxygen atoms in total. The Morgan fingerprint density at radius 2 is 0.523 bits per heavy atom. The van der Waals surface area contributed by atoms with Gasteiger partial charge in [-0.3, -0.25) is 4.79 Å². The summed E-state index contributed by atoms with van der Waals surface area (Å²) < 4.78 is 86.4. The molecule has 37 heteroatoms. The fraction of sp³-hybridized carbons (Fsp3) is 0.863. The minimum Gasteiger partial charge on any atom is -0.463 e. The number of hydrogen-bond donors (Lipinski definition) is 21. The lowest BCUT2D eigenvalue weighted by Crippen LogP contribution is -2.68. The molecule has 22 rings (SSSR count). The van der Waals surface area contributed by atoms with Gasteiger partial charge in [-0.2, -0.15) is 0 Å². The third-order valence-electron chi connectivity index (χ3n) is 16.6. The molecule has 14 bridgehead atoms. The summed E-state index contributed by atoms with van der Waals surface area (Å²) in [7, 11) is 0. The van der Waals surface area contributed by atoms with Crippen molar-refractivity contribution in [1.29, 1.82) is 0 Å². The van der Waals surface area contributed by atoms with Gasteiger partial charge in [0.05, 0.1) is 39.6 Å². The van der Waals surface area contributed by atoms with Gasteiger partial charge < -0.3 is 179 Å². The molecular formula is C51H79NO36. The normalized spacial score (nSPS) is 49.8. The molecule has 21 aliphatic heterocycles. The number of aryl methyl sites for hydroxylation is 1. The van der Waals surface area contributed by atoms with Crippen molar-refractivity contribution in [3.63, 3.8) is 0 Å². The van der Waals surface area contributed by atoms with Crippen LogP contribution in [0.4, 0.5) is 5.69 Å². The summed E-state index contributed by atoms with van der Waals surface area (Å²) in [5, 5.41) is 223. The van der Waals surface area contributed by atoms with E-state index in [4.69, 9.17) is 76.8 Å². The van der Waals surface area contributed by atoms with Gasteiger partial charge in [0.1, 0.15) is 178 Å². The first kappa shape index (κ1) is 69.5. The predicted octanol–water partition coefficient (Wildman–Crippen LogP) is -13.5. The number of esters is 1. The highest BCUT2D eigenvalue weighted by molar-refractivity contribution is 5.69. The summed E-state index contributed by atoms with van der Waals surface area (Å²) in [5.74, 6) is -0.855. The Morgan fingerprint density at radius 3 is 0.739 bits per heavy atom. The summed E-state index contributed by atoms with van der Waals surface area (Å²) in [6, 6.07) is 6.52. The maximum absolute atomic E-state index is 13.2. The van der Waals surface area contributed by atoms with Crippen molar-refractivity contribution in [3.05, 3.63) is 29.8 Å². The maximum atomic E-state index is 13.2. The molecule has 21 fully saturated rings. The number of carbonyl (C=O) groups excluding carboxylic acids is 1. The van der Waals surface area contributed by atoms with Crippen molar-refractivity contribution in [2.24, 2.45) is 0 Å². The molecule has 22 N–H and O–H groups in total. The number of rotatable bonds is 11. The number of carbonyl (C=O) groups is 1. The topological polar surface area (TPSA) is 586 Å². The van der Waals surface area contributed by atoms with E-state index >= 15 is 0 Å². The van der Waals surface area contributed by atoms with Crippen LogP contribution in [0.1, 0.15) is 12.0 Å². The highest BCUT2D eigenvalue weighted by Crippen LogP contribution is 2.39. The Labute approximate surface area is 498 Å². The van der Waals surface area contributed by atoms with Gasteiger partial charge in [-0.25, -0.2) is 0 Å². The van der Waals surface area contributed by atoms with E-state index in [-0.39, 0.29) is 12.8 Å². The summed E-state index contributed by atoms with van der Waals surface area (Å²) in [6.07, 6.45) is -71.7. The van der Waals surface area contributed by atoms with E-state index in [1.807, 2.05) is 0 Å². The third kappa shape index (κ3) is 14.4. The first-order chi connectivity index (χ1) is 42.0. The van der Waals surface area contributed by atoms with Crippen LogP contribution in [0.3, 0.4) is 0 Å². The van der Waals surface area contributed by atoms with E-state index < -0.39 is 267 Å². The number of benzene rings is 1. The molecule has 0 amide bonds. The largest absolute Gasteiger partial charge is 0.463 e. The lowest BCUT2D eigenvalue weighted by molar-refractivity contribution is -0.396. The third-order valence-corrected chi connectivity index (χ3v) is 16.6. The molecule has 21 aliphatic rings. The average Bonchev–Trinajstić information content (AvgIpc) is 2.49. The van der Waals surface area contributed by atoms with Crippen LogP contribution in [0.25, 0.3) is 0 Å². The molecular weight excluding hydrogens is 1200 g/mol. The van der Waals surface area contributed by atoms with Crippen molar-refractivity contribution in [2.75, 3.05) is 52.0 Å². The van der Waals surface area contributed by atoms with Crippen LogP contribution >= 0.6 is 0 Å². The van der Waals surface area contributed by atoms with Gasteiger partial charge in [0.25, 0.3) is 0 Å². The monoisotopic (exact) mass is 1280 g/mol. The number of aliphatic hydroxyl groups excluding tert-OH is 20. The Kier molecular flexibility index (Phi) is 23.7. The van der Waals surface area contributed by atoms with Crippen LogP contribution < -0.4 is 5.73 Å². The van der Waals surface area contributed by atoms with Crippen molar-refractivity contribution in [1.82, 2.24) is 0 Å². The Morgan fingerprint density at radius 1 is 0.318 bits per heavy atom. The zero-order valence-corrected chi connectivity index (χ0v) is 46.4. The molecule has 0 unspecified atom stereocenters. The van der Waals surface area contributed by atoms with Crippen LogP contribution in [-0.4, -0.2) is 369 Å². The number of nitrogens with two attached hydrogens (primary N) is 1. The molecule has 0 radical (unpaired) electrons. The first-order valence-electron chi connectivity index (χ1n) is 28.3. The average molecular weight is 1280 g/mol. The van der Waals surface area contributed by atoms with Gasteiger partial charge in [-0.05, 0) is 24.1 Å². The lowest BCUT2D eigenvalue weighted by Gasteiger charge is -2.50. The number of hydrogen-bond acceptors (Lipinski definition) is 37. The quantitative estimate of drug-likeness (QED) is 0.0723. The second-order valence-corrected chi connectivity index (χ2v) is 22.4. The summed E-state index contributed by atoms with van der Waals surface area (Å²) in [4.78, 5) is 13.2. The predicted molar refractivity (Wildman–Crippen MR) is 271 cm³/mol. The number of nitrogen functional groups attached to an aromatic ring is 1. The highest BCUT2D eigenvalue weighted by atomic mass is 16.8. The van der Waals surface area contributed by atoms with Crippen LogP contribution in [0.15, 0.2) is 24.3 Å². The minimum absolute atomic E-state index is 0.143. The molecule has 0 spiro atoms. The number of ether oxygens (including phenoxy) is 15. The summed E-state index contributed by atoms with van der Waals surface area (Å²) in [5.41, 5.74) is 6.91. The lowest BCUT2D eigenvalue weighted by atomic mass is 9.95. The van der Waals surface area contributed by atoms with Crippen LogP contribution in [0.2, 0.25) is 0 Å². The molecule has 88 heavy (non-hydrogen) atoms. The van der Waals surface area contributed by atoms with Crippen molar-refractivity contribution in [3.8, 4) is 0 Å². The molecule has 21 heterocycles. The Hall–Kier alpha value is -2.87. The first-order valence-corrected chi connectivity index (χ1v) is 28.3. The minimum atomic E-state index is -2.28. The molecule has 1 aromatic rings. The highest BCUT2D eigenvalue weighted by Gasteiger charge is 2.60. The second kappa shape index (κ2) is 30.0. The molecule has 35 atom stereocenters. The van der Waals surface area contributed by atoms with Gasteiger partial charge in [-0.1, -0.05) is 12.1 Å². The van der Waals surface area contributed by atoms with Gasteiger partial charge >= 0.3 is 5.97 Å². The molecule has 0 aromatic heterocycles. The van der Waals surface area contributed by atoms with Crippen LogP contribution in [0.5, 0.6) is 0 Å². The van der Waals surface area contributed by atoms with Crippen molar-refractivity contribution in [2.45, 2.75) is 228 Å². The zero-order chi connectivity index (χ0) is 63.7. The Bertz CT molecular complexity index is 2320. The fourth-order valence-electron chi connectivity index (χ4n) is 11.6. The van der Waals surface area contributed by atoms with Crippen LogP contribution in [-0.2, 0) is 82.3 Å². The number of anilines is 1. The van der Waals surface area contributed by atoms with Crippen molar-refractivity contribution >= 4 is 11.7 Å². The van der Waals surface area contributed by atoms with Gasteiger partial charge in [0.2, 0.25) is 0 Å². The maximum Gasteiger partial charge on any atom is 0.306 e. The molecule has 0 aliphatic carbocycles. The number of aliphatic hydroxyl groups is 20. The van der Waals surface area contributed by atoms with Crippen LogP contribution in [0, 0.1) is 0 Å². The van der Waals surface area contributed by atoms with Gasteiger partial charge in [-0.15, -0.1) is 0 Å². The van der Waals surface area contributed by atoms with Gasteiger partial charge in [0, 0.05) is 12.1 Å². The molecule has 504 valence electrons.